The molecule has 1 aromatic heterocycles. The number of anilines is 3. The van der Waals surface area contributed by atoms with Gasteiger partial charge in [0.15, 0.2) is 0 Å². The first-order valence-corrected chi connectivity index (χ1v) is 9.86. The van der Waals surface area contributed by atoms with E-state index in [4.69, 9.17) is 0 Å². The highest BCUT2D eigenvalue weighted by molar-refractivity contribution is 7.89. The quantitative estimate of drug-likeness (QED) is 0.669. The first-order chi connectivity index (χ1) is 12.7. The van der Waals surface area contributed by atoms with Gasteiger partial charge in [0, 0.05) is 17.3 Å². The van der Waals surface area contributed by atoms with Crippen LogP contribution in [-0.2, 0) is 10.1 Å². The van der Waals surface area contributed by atoms with E-state index in [2.05, 4.69) is 25.6 Å². The summed E-state index contributed by atoms with van der Waals surface area (Å²) in [6.07, 6.45) is 3.21. The first-order valence-electron chi connectivity index (χ1n) is 8.42. The van der Waals surface area contributed by atoms with E-state index in [1.165, 1.54) is 6.08 Å². The lowest BCUT2D eigenvalue weighted by Crippen LogP contribution is -2.18. The SMILES string of the molecule is Cc1ccc(Nc2nc(C)nc(NC3=CC=C(S(=O)(=O)O)CC3C)n2)cc1. The molecule has 0 bridgehead atoms. The lowest BCUT2D eigenvalue weighted by Gasteiger charge is -2.21. The number of aromatic nitrogens is 3. The Hall–Kier alpha value is -2.78. The molecule has 1 aliphatic rings. The fraction of sp³-hybridized carbons (Fsp3) is 0.278. The number of nitrogens with one attached hydrogen (secondary N) is 2. The van der Waals surface area contributed by atoms with E-state index in [0.717, 1.165) is 16.9 Å². The molecule has 1 aromatic carbocycles. The highest BCUT2D eigenvalue weighted by Crippen LogP contribution is 2.28. The number of benzene rings is 1. The predicted octanol–water partition coefficient (Wildman–Crippen LogP) is 3.34. The molecule has 8 nitrogen and oxygen atoms in total. The van der Waals surface area contributed by atoms with Crippen LogP contribution in [0, 0.1) is 19.8 Å². The highest BCUT2D eigenvalue weighted by atomic mass is 32.2. The summed E-state index contributed by atoms with van der Waals surface area (Å²) in [5, 5.41) is 6.26. The van der Waals surface area contributed by atoms with Crippen LogP contribution in [0.25, 0.3) is 0 Å². The summed E-state index contributed by atoms with van der Waals surface area (Å²) in [6.45, 7) is 5.64. The highest BCUT2D eigenvalue weighted by Gasteiger charge is 2.23. The minimum atomic E-state index is -4.17. The maximum absolute atomic E-state index is 11.3. The van der Waals surface area contributed by atoms with E-state index in [0.29, 0.717) is 17.7 Å². The number of allylic oxidation sites excluding steroid dienone is 4. The monoisotopic (exact) mass is 387 g/mol. The second-order valence-electron chi connectivity index (χ2n) is 6.48. The lowest BCUT2D eigenvalue weighted by molar-refractivity contribution is 0.485. The minimum Gasteiger partial charge on any atom is -0.327 e. The van der Waals surface area contributed by atoms with Gasteiger partial charge >= 0.3 is 0 Å². The van der Waals surface area contributed by atoms with Gasteiger partial charge in [-0.15, -0.1) is 0 Å². The molecule has 9 heteroatoms. The fourth-order valence-corrected chi connectivity index (χ4v) is 3.37. The summed E-state index contributed by atoms with van der Waals surface area (Å²) in [5.74, 6) is 1.17. The van der Waals surface area contributed by atoms with E-state index in [1.807, 2.05) is 38.1 Å². The van der Waals surface area contributed by atoms with Crippen LogP contribution in [0.15, 0.2) is 47.0 Å². The second kappa shape index (κ2) is 7.45. The normalized spacial score (nSPS) is 17.1. The molecule has 1 unspecified atom stereocenters. The van der Waals surface area contributed by atoms with Gasteiger partial charge in [0.2, 0.25) is 11.9 Å². The summed E-state index contributed by atoms with van der Waals surface area (Å²) in [4.78, 5) is 12.9. The molecule has 3 N–H and O–H groups in total. The standard InChI is InChI=1S/C18H21N5O3S/c1-11-4-6-14(7-5-11)21-17-19-13(3)20-18(23-17)22-16-9-8-15(10-12(16)2)27(24,25)26/h4-9,12H,10H2,1-3H3,(H,24,25,26)(H2,19,20,21,22,23). The van der Waals surface area contributed by atoms with Crippen molar-refractivity contribution in [1.29, 1.82) is 0 Å². The minimum absolute atomic E-state index is 0.00546. The molecule has 1 aliphatic carbocycles. The molecule has 0 spiro atoms. The Morgan fingerprint density at radius 3 is 2.22 bits per heavy atom. The van der Waals surface area contributed by atoms with E-state index in [1.54, 1.807) is 13.0 Å². The number of hydrogen-bond donors (Lipinski definition) is 3. The van der Waals surface area contributed by atoms with Crippen LogP contribution >= 0.6 is 0 Å². The van der Waals surface area contributed by atoms with E-state index in [-0.39, 0.29) is 17.2 Å². The van der Waals surface area contributed by atoms with E-state index >= 15 is 0 Å². The third kappa shape index (κ3) is 4.89. The Morgan fingerprint density at radius 2 is 1.63 bits per heavy atom. The molecular weight excluding hydrogens is 366 g/mol. The Bertz CT molecular complexity index is 1010. The molecule has 27 heavy (non-hydrogen) atoms. The van der Waals surface area contributed by atoms with Crippen molar-refractivity contribution >= 4 is 27.7 Å². The molecular formula is C18H21N5O3S. The van der Waals surface area contributed by atoms with Crippen molar-refractivity contribution in [2.75, 3.05) is 10.6 Å². The lowest BCUT2D eigenvalue weighted by atomic mass is 9.99. The van der Waals surface area contributed by atoms with Crippen molar-refractivity contribution < 1.29 is 13.0 Å². The Labute approximate surface area is 158 Å². The van der Waals surface area contributed by atoms with Gasteiger partial charge in [-0.2, -0.15) is 23.4 Å². The number of hydrogen-bond acceptors (Lipinski definition) is 7. The van der Waals surface area contributed by atoms with Crippen LogP contribution in [0.3, 0.4) is 0 Å². The molecule has 0 fully saturated rings. The van der Waals surface area contributed by atoms with Crippen LogP contribution < -0.4 is 10.6 Å². The Kier molecular flexibility index (Phi) is 5.24. The van der Waals surface area contributed by atoms with Gasteiger partial charge in [0.1, 0.15) is 5.82 Å². The van der Waals surface area contributed by atoms with Gasteiger partial charge in [0.05, 0.1) is 4.91 Å². The maximum Gasteiger partial charge on any atom is 0.290 e. The molecule has 3 rings (SSSR count). The molecule has 2 aromatic rings. The van der Waals surface area contributed by atoms with Gasteiger partial charge in [-0.1, -0.05) is 24.6 Å². The summed E-state index contributed by atoms with van der Waals surface area (Å²) in [7, 11) is -4.17. The smallest absolute Gasteiger partial charge is 0.290 e. The molecule has 0 saturated heterocycles. The zero-order chi connectivity index (χ0) is 19.6. The average Bonchev–Trinajstić information content (AvgIpc) is 2.57. The zero-order valence-corrected chi connectivity index (χ0v) is 16.1. The molecule has 0 radical (unpaired) electrons. The van der Waals surface area contributed by atoms with Crippen molar-refractivity contribution in [3.05, 3.63) is 58.4 Å². The summed E-state index contributed by atoms with van der Waals surface area (Å²) in [6, 6.07) is 7.86. The van der Waals surface area contributed by atoms with Gasteiger partial charge in [-0.25, -0.2) is 0 Å². The van der Waals surface area contributed by atoms with Gasteiger partial charge in [-0.3, -0.25) is 4.55 Å². The maximum atomic E-state index is 11.3. The van der Waals surface area contributed by atoms with Crippen molar-refractivity contribution in [2.45, 2.75) is 27.2 Å². The van der Waals surface area contributed by atoms with E-state index < -0.39 is 10.1 Å². The summed E-state index contributed by atoms with van der Waals surface area (Å²) >= 11 is 0. The van der Waals surface area contributed by atoms with Gasteiger partial charge < -0.3 is 10.6 Å². The predicted molar refractivity (Wildman–Crippen MR) is 104 cm³/mol. The third-order valence-corrected chi connectivity index (χ3v) is 5.09. The second-order valence-corrected chi connectivity index (χ2v) is 7.96. The van der Waals surface area contributed by atoms with Crippen LogP contribution in [0.2, 0.25) is 0 Å². The van der Waals surface area contributed by atoms with Crippen molar-refractivity contribution in [3.8, 4) is 0 Å². The topological polar surface area (TPSA) is 117 Å². The van der Waals surface area contributed by atoms with E-state index in [9.17, 15) is 13.0 Å². The number of aryl methyl sites for hydroxylation is 2. The molecule has 142 valence electrons. The van der Waals surface area contributed by atoms with Crippen molar-refractivity contribution in [3.63, 3.8) is 0 Å². The summed E-state index contributed by atoms with van der Waals surface area (Å²) < 4.78 is 31.7. The fourth-order valence-electron chi connectivity index (χ4n) is 2.67. The molecule has 0 saturated carbocycles. The Morgan fingerprint density at radius 1 is 1.00 bits per heavy atom. The van der Waals surface area contributed by atoms with Crippen LogP contribution in [0.5, 0.6) is 0 Å². The molecule has 1 atom stereocenters. The van der Waals surface area contributed by atoms with Gasteiger partial charge in [0.25, 0.3) is 10.1 Å². The molecule has 0 aliphatic heterocycles. The van der Waals surface area contributed by atoms with Gasteiger partial charge in [-0.05, 0) is 44.6 Å². The molecule has 1 heterocycles. The van der Waals surface area contributed by atoms with Crippen molar-refractivity contribution in [1.82, 2.24) is 15.0 Å². The van der Waals surface area contributed by atoms with Crippen LogP contribution in [0.4, 0.5) is 17.6 Å². The third-order valence-electron chi connectivity index (χ3n) is 4.13. The van der Waals surface area contributed by atoms with Crippen molar-refractivity contribution in [2.24, 2.45) is 5.92 Å². The Balaban J connectivity index is 1.81. The zero-order valence-electron chi connectivity index (χ0n) is 15.3. The summed E-state index contributed by atoms with van der Waals surface area (Å²) in [5.41, 5.74) is 2.78. The average molecular weight is 387 g/mol. The largest absolute Gasteiger partial charge is 0.327 e. The number of rotatable bonds is 5. The van der Waals surface area contributed by atoms with Crippen LogP contribution in [-0.4, -0.2) is 27.9 Å². The molecule has 0 amide bonds. The first kappa shape index (κ1) is 19.0. The number of nitrogens with zero attached hydrogens (tertiary/aromatic N) is 3. The van der Waals surface area contributed by atoms with Crippen LogP contribution in [0.1, 0.15) is 24.7 Å².